The van der Waals surface area contributed by atoms with Gasteiger partial charge in [-0.3, -0.25) is 9.63 Å². The minimum atomic E-state index is -5.27. The summed E-state index contributed by atoms with van der Waals surface area (Å²) in [5, 5.41) is 0. The minimum Gasteiger partial charge on any atom is -0.445 e. The number of halogens is 4. The Bertz CT molecular complexity index is 413. The van der Waals surface area contributed by atoms with E-state index in [2.05, 4.69) is 4.84 Å². The summed E-state index contributed by atoms with van der Waals surface area (Å²) in [5.41, 5.74) is 0.206. The van der Waals surface area contributed by atoms with Gasteiger partial charge in [0.2, 0.25) is 0 Å². The zero-order valence-corrected chi connectivity index (χ0v) is 12.3. The molecule has 0 atom stereocenters. The summed E-state index contributed by atoms with van der Waals surface area (Å²) < 4.78 is 49.8. The van der Waals surface area contributed by atoms with Crippen molar-refractivity contribution in [3.05, 3.63) is 29.6 Å². The van der Waals surface area contributed by atoms with Crippen LogP contribution in [0.3, 0.4) is 0 Å². The Balaban J connectivity index is 0.00000256. The third-order valence-electron chi connectivity index (χ3n) is 1.81. The van der Waals surface area contributed by atoms with Gasteiger partial charge in [0, 0.05) is 0 Å². The fourth-order valence-electron chi connectivity index (χ4n) is 1.07. The van der Waals surface area contributed by atoms with Gasteiger partial charge >= 0.3 is 58.4 Å². The van der Waals surface area contributed by atoms with Crippen LogP contribution in [0.4, 0.5) is 17.3 Å². The smallest absolute Gasteiger partial charge is 0.445 e. The van der Waals surface area contributed by atoms with E-state index < -0.39 is 29.7 Å². The monoisotopic (exact) mass is 275 g/mol. The molecule has 0 radical (unpaired) electrons. The summed E-state index contributed by atoms with van der Waals surface area (Å²) in [6, 6.07) is 1.69. The molecule has 1 aromatic carbocycles. The molecular formula is C8H7BF4KNO2. The fraction of sp³-hybridized carbons (Fsp3) is 0.125. The SMILES string of the molecule is CONC(=O)c1ccc([B-](F)(F)F)cc1F.[K+]. The molecular weight excluding hydrogens is 268 g/mol. The number of hydrogen-bond acceptors (Lipinski definition) is 2. The largest absolute Gasteiger partial charge is 1.00 e. The van der Waals surface area contributed by atoms with E-state index in [4.69, 9.17) is 0 Å². The van der Waals surface area contributed by atoms with Crippen LogP contribution in [0.2, 0.25) is 0 Å². The molecule has 1 N–H and O–H groups in total. The van der Waals surface area contributed by atoms with Crippen molar-refractivity contribution in [3.63, 3.8) is 0 Å². The van der Waals surface area contributed by atoms with Gasteiger partial charge in [0.25, 0.3) is 5.91 Å². The number of carbonyl (C=O) groups is 1. The second-order valence-corrected chi connectivity index (χ2v) is 2.95. The summed E-state index contributed by atoms with van der Waals surface area (Å²) in [4.78, 5) is 15.3. The van der Waals surface area contributed by atoms with E-state index >= 15 is 0 Å². The van der Waals surface area contributed by atoms with Gasteiger partial charge in [-0.2, -0.15) is 0 Å². The van der Waals surface area contributed by atoms with Gasteiger partial charge in [0.15, 0.2) is 0 Å². The molecule has 0 aromatic heterocycles. The normalized spacial score (nSPS) is 10.6. The maximum atomic E-state index is 13.1. The Morgan fingerprint density at radius 2 is 1.94 bits per heavy atom. The van der Waals surface area contributed by atoms with Crippen molar-refractivity contribution in [2.24, 2.45) is 0 Å². The average molecular weight is 275 g/mol. The predicted octanol–water partition coefficient (Wildman–Crippen LogP) is -1.82. The van der Waals surface area contributed by atoms with Gasteiger partial charge in [-0.05, 0) is 6.07 Å². The Morgan fingerprint density at radius 1 is 1.35 bits per heavy atom. The van der Waals surface area contributed by atoms with E-state index in [-0.39, 0.29) is 57.5 Å². The van der Waals surface area contributed by atoms with Crippen LogP contribution in [0.1, 0.15) is 10.4 Å². The Kier molecular flexibility index (Phi) is 6.89. The molecule has 1 rings (SSSR count). The van der Waals surface area contributed by atoms with Crippen LogP contribution in [0.5, 0.6) is 0 Å². The minimum absolute atomic E-state index is 0. The van der Waals surface area contributed by atoms with Crippen molar-refractivity contribution >= 4 is 18.3 Å². The van der Waals surface area contributed by atoms with Crippen molar-refractivity contribution in [2.45, 2.75) is 0 Å². The molecule has 0 bridgehead atoms. The van der Waals surface area contributed by atoms with E-state index in [9.17, 15) is 22.1 Å². The van der Waals surface area contributed by atoms with Crippen LogP contribution in [0.15, 0.2) is 18.2 Å². The van der Waals surface area contributed by atoms with Crippen LogP contribution in [-0.4, -0.2) is 20.0 Å². The van der Waals surface area contributed by atoms with E-state index in [0.29, 0.717) is 6.07 Å². The van der Waals surface area contributed by atoms with Crippen LogP contribution < -0.4 is 62.3 Å². The van der Waals surface area contributed by atoms with Gasteiger partial charge in [0.05, 0.1) is 12.7 Å². The van der Waals surface area contributed by atoms with Crippen molar-refractivity contribution in [1.29, 1.82) is 0 Å². The predicted molar refractivity (Wildman–Crippen MR) is 49.6 cm³/mol. The molecule has 0 heterocycles. The third-order valence-corrected chi connectivity index (χ3v) is 1.81. The molecule has 0 aliphatic heterocycles. The Morgan fingerprint density at radius 3 is 2.35 bits per heavy atom. The number of hydroxylamine groups is 1. The Hall–Kier alpha value is 0.0713. The number of carbonyl (C=O) groups excluding carboxylic acids is 1. The summed E-state index contributed by atoms with van der Waals surface area (Å²) >= 11 is 0. The van der Waals surface area contributed by atoms with Gasteiger partial charge < -0.3 is 12.9 Å². The standard InChI is InChI=1S/C8H7BF4NO2.K/c1-16-14-8(15)6-3-2-5(4-7(6)10)9(11,12)13;/h2-4H,1H3,(H,14,15);/q-1;+1. The third kappa shape index (κ3) is 4.68. The zero-order chi connectivity index (χ0) is 12.3. The van der Waals surface area contributed by atoms with Crippen LogP contribution in [0, 0.1) is 5.82 Å². The molecule has 17 heavy (non-hydrogen) atoms. The molecule has 0 unspecified atom stereocenters. The number of benzene rings is 1. The molecule has 1 aromatic rings. The maximum Gasteiger partial charge on any atom is 1.00 e. The second kappa shape index (κ2) is 6.86. The van der Waals surface area contributed by atoms with Gasteiger partial charge in [-0.25, -0.2) is 9.87 Å². The molecule has 3 nitrogen and oxygen atoms in total. The summed E-state index contributed by atoms with van der Waals surface area (Å²) in [6.07, 6.45) is 0. The molecule has 1 amide bonds. The van der Waals surface area contributed by atoms with Crippen LogP contribution in [-0.2, 0) is 4.84 Å². The molecule has 0 saturated carbocycles. The molecule has 9 heteroatoms. The first kappa shape index (κ1) is 17.1. The number of hydrogen-bond donors (Lipinski definition) is 1. The topological polar surface area (TPSA) is 38.3 Å². The van der Waals surface area contributed by atoms with E-state index in [0.717, 1.165) is 13.2 Å². The van der Waals surface area contributed by atoms with Gasteiger partial charge in [-0.1, -0.05) is 12.1 Å². The van der Waals surface area contributed by atoms with Crippen molar-refractivity contribution in [1.82, 2.24) is 5.48 Å². The van der Waals surface area contributed by atoms with Crippen molar-refractivity contribution in [3.8, 4) is 0 Å². The molecule has 0 aliphatic rings. The Labute approximate surface area is 137 Å². The number of nitrogens with one attached hydrogen (secondary N) is 1. The first-order valence-corrected chi connectivity index (χ1v) is 4.19. The summed E-state index contributed by atoms with van der Waals surface area (Å²) in [6.45, 7) is -5.27. The van der Waals surface area contributed by atoms with Crippen LogP contribution in [0.25, 0.3) is 0 Å². The van der Waals surface area contributed by atoms with Crippen molar-refractivity contribution in [2.75, 3.05) is 7.11 Å². The molecule has 88 valence electrons. The molecule has 0 fully saturated rings. The van der Waals surface area contributed by atoms with E-state index in [1.807, 2.05) is 0 Å². The molecule has 0 aliphatic carbocycles. The molecule has 0 spiro atoms. The zero-order valence-electron chi connectivity index (χ0n) is 9.14. The van der Waals surface area contributed by atoms with E-state index in [1.54, 1.807) is 5.48 Å². The quantitative estimate of drug-likeness (QED) is 0.400. The first-order chi connectivity index (χ1) is 7.36. The maximum absolute atomic E-state index is 13.1. The number of rotatable bonds is 3. The second-order valence-electron chi connectivity index (χ2n) is 2.95. The number of amides is 1. The summed E-state index contributed by atoms with van der Waals surface area (Å²) in [7, 11) is 1.13. The van der Waals surface area contributed by atoms with Gasteiger partial charge in [-0.15, -0.1) is 5.46 Å². The first-order valence-electron chi connectivity index (χ1n) is 4.19. The van der Waals surface area contributed by atoms with Gasteiger partial charge in [0.1, 0.15) is 5.82 Å². The van der Waals surface area contributed by atoms with Crippen molar-refractivity contribution < 1.29 is 78.4 Å². The fourth-order valence-corrected chi connectivity index (χ4v) is 1.07. The van der Waals surface area contributed by atoms with Crippen LogP contribution >= 0.6 is 0 Å². The molecule has 0 saturated heterocycles. The van der Waals surface area contributed by atoms with E-state index in [1.165, 1.54) is 0 Å². The average Bonchev–Trinajstić information content (AvgIpc) is 2.16. The summed E-state index contributed by atoms with van der Waals surface area (Å²) in [5.74, 6) is -2.19.